The molecule has 2 N–H and O–H groups in total. The molecule has 1 amide bonds. The topological polar surface area (TPSA) is 83.5 Å². The van der Waals surface area contributed by atoms with Crippen molar-refractivity contribution >= 4 is 27.8 Å². The lowest BCUT2D eigenvalue weighted by Crippen LogP contribution is -2.19. The third-order valence-electron chi connectivity index (χ3n) is 1.77. The monoisotopic (exact) mass is 261 g/mol. The van der Waals surface area contributed by atoms with Crippen molar-refractivity contribution in [3.05, 3.63) is 24.3 Å². The van der Waals surface area contributed by atoms with Crippen LogP contribution in [0.2, 0.25) is 0 Å². The molecular weight excluding hydrogens is 250 g/mol. The fourth-order valence-corrected chi connectivity index (χ4v) is 2.18. The van der Waals surface area contributed by atoms with Crippen molar-refractivity contribution in [3.63, 3.8) is 0 Å². The highest BCUT2D eigenvalue weighted by molar-refractivity contribution is 8.00. The fourth-order valence-electron chi connectivity index (χ4n) is 0.929. The van der Waals surface area contributed by atoms with E-state index >= 15 is 0 Å². The van der Waals surface area contributed by atoms with E-state index in [1.807, 2.05) is 0 Å². The van der Waals surface area contributed by atoms with E-state index in [1.54, 1.807) is 7.05 Å². The zero-order chi connectivity index (χ0) is 12.2. The number of amides is 1. The highest BCUT2D eigenvalue weighted by atomic mass is 32.2. The largest absolute Gasteiger partial charge is 0.358 e. The number of nitrogens with one attached hydrogen (secondary N) is 1. The molecule has 5 nitrogen and oxygen atoms in total. The molecule has 0 spiro atoms. The van der Waals surface area contributed by atoms with Gasteiger partial charge in [-0.3, -0.25) is 9.35 Å². The van der Waals surface area contributed by atoms with Crippen molar-refractivity contribution in [3.8, 4) is 0 Å². The van der Waals surface area contributed by atoms with Crippen molar-refractivity contribution in [1.29, 1.82) is 0 Å². The van der Waals surface area contributed by atoms with Crippen molar-refractivity contribution in [2.45, 2.75) is 9.79 Å². The molecule has 0 fully saturated rings. The average molecular weight is 261 g/mol. The molecule has 1 aromatic rings. The van der Waals surface area contributed by atoms with Crippen LogP contribution in [0.1, 0.15) is 0 Å². The molecule has 88 valence electrons. The van der Waals surface area contributed by atoms with Gasteiger partial charge in [0, 0.05) is 11.9 Å². The van der Waals surface area contributed by atoms with Gasteiger partial charge in [0.1, 0.15) is 0 Å². The van der Waals surface area contributed by atoms with Crippen LogP contribution in [0.4, 0.5) is 0 Å². The number of carbonyl (C=O) groups is 1. The first-order chi connectivity index (χ1) is 7.43. The van der Waals surface area contributed by atoms with Crippen LogP contribution in [0, 0.1) is 0 Å². The van der Waals surface area contributed by atoms with E-state index in [0.29, 0.717) is 0 Å². The van der Waals surface area contributed by atoms with Crippen LogP contribution in [0.15, 0.2) is 34.1 Å². The van der Waals surface area contributed by atoms with Crippen LogP contribution in [0.3, 0.4) is 0 Å². The van der Waals surface area contributed by atoms with Crippen molar-refractivity contribution in [2.75, 3.05) is 12.8 Å². The molecule has 0 aliphatic carbocycles. The Hall–Kier alpha value is -1.05. The Morgan fingerprint density at radius 3 is 2.38 bits per heavy atom. The molecule has 0 aromatic heterocycles. The van der Waals surface area contributed by atoms with Crippen LogP contribution in [-0.2, 0) is 14.9 Å². The predicted octanol–water partition coefficient (Wildman–Crippen LogP) is 0.771. The summed E-state index contributed by atoms with van der Waals surface area (Å²) in [6, 6.07) is 5.66. The standard InChI is InChI=1S/C9H11NO4S2/c1-10-9(11)6-15-7-2-4-8(5-3-7)16(12,13)14/h2-5H,6H2,1H3,(H,10,11)(H,12,13,14). The molecule has 0 aliphatic heterocycles. The summed E-state index contributed by atoms with van der Waals surface area (Å²) in [4.78, 5) is 11.5. The molecule has 0 unspecified atom stereocenters. The quantitative estimate of drug-likeness (QED) is 0.618. The summed E-state index contributed by atoms with van der Waals surface area (Å²) < 4.78 is 30.2. The first-order valence-corrected chi connectivity index (χ1v) is 6.77. The molecule has 0 bridgehead atoms. The first kappa shape index (κ1) is 13.0. The summed E-state index contributed by atoms with van der Waals surface area (Å²) in [5.74, 6) is 0.158. The van der Waals surface area contributed by atoms with Gasteiger partial charge in [0.25, 0.3) is 10.1 Å². The molecule has 0 saturated carbocycles. The minimum absolute atomic E-state index is 0.108. The van der Waals surface area contributed by atoms with Crippen molar-refractivity contribution in [1.82, 2.24) is 5.32 Å². The number of rotatable bonds is 4. The molecule has 16 heavy (non-hydrogen) atoms. The normalized spacial score (nSPS) is 11.1. The molecule has 1 rings (SSSR count). The number of hydrogen-bond donors (Lipinski definition) is 2. The molecule has 7 heteroatoms. The Balaban J connectivity index is 2.69. The number of benzene rings is 1. The molecule has 1 aromatic carbocycles. The van der Waals surface area contributed by atoms with Gasteiger partial charge in [-0.15, -0.1) is 11.8 Å². The van der Waals surface area contributed by atoms with Gasteiger partial charge in [0.15, 0.2) is 0 Å². The lowest BCUT2D eigenvalue weighted by molar-refractivity contribution is -0.118. The highest BCUT2D eigenvalue weighted by Crippen LogP contribution is 2.19. The predicted molar refractivity (Wildman–Crippen MR) is 61.0 cm³/mol. The Bertz CT molecular complexity index is 467. The minimum Gasteiger partial charge on any atom is -0.358 e. The Kier molecular flexibility index (Phi) is 4.34. The molecule has 0 radical (unpaired) electrons. The number of thioether (sulfide) groups is 1. The van der Waals surface area contributed by atoms with Crippen LogP contribution in [0.25, 0.3) is 0 Å². The first-order valence-electron chi connectivity index (χ1n) is 4.34. The second kappa shape index (κ2) is 5.33. The van der Waals surface area contributed by atoms with Gasteiger partial charge in [-0.05, 0) is 24.3 Å². The van der Waals surface area contributed by atoms with E-state index in [2.05, 4.69) is 5.32 Å². The fraction of sp³-hybridized carbons (Fsp3) is 0.222. The van der Waals surface area contributed by atoms with E-state index in [-0.39, 0.29) is 16.6 Å². The lowest BCUT2D eigenvalue weighted by atomic mass is 10.4. The summed E-state index contributed by atoms with van der Waals surface area (Å²) in [7, 11) is -2.60. The van der Waals surface area contributed by atoms with Crippen molar-refractivity contribution in [2.24, 2.45) is 0 Å². The van der Waals surface area contributed by atoms with Gasteiger partial charge < -0.3 is 5.32 Å². The van der Waals surface area contributed by atoms with Crippen LogP contribution < -0.4 is 5.32 Å². The Morgan fingerprint density at radius 1 is 1.38 bits per heavy atom. The summed E-state index contributed by atoms with van der Waals surface area (Å²) >= 11 is 1.28. The van der Waals surface area contributed by atoms with Gasteiger partial charge in [-0.25, -0.2) is 0 Å². The second-order valence-corrected chi connectivity index (χ2v) is 5.38. The SMILES string of the molecule is CNC(=O)CSc1ccc(S(=O)(=O)O)cc1. The van der Waals surface area contributed by atoms with Gasteiger partial charge in [0.2, 0.25) is 5.91 Å². The zero-order valence-corrected chi connectivity index (χ0v) is 10.1. The van der Waals surface area contributed by atoms with E-state index in [9.17, 15) is 13.2 Å². The maximum absolute atomic E-state index is 10.9. The molecule has 0 heterocycles. The smallest absolute Gasteiger partial charge is 0.294 e. The third-order valence-corrected chi connectivity index (χ3v) is 3.65. The van der Waals surface area contributed by atoms with Crippen LogP contribution in [0.5, 0.6) is 0 Å². The Morgan fingerprint density at radius 2 is 1.94 bits per heavy atom. The van der Waals surface area contributed by atoms with Gasteiger partial charge in [0.05, 0.1) is 10.6 Å². The van der Waals surface area contributed by atoms with Crippen molar-refractivity contribution < 1.29 is 17.8 Å². The molecule has 0 atom stereocenters. The van der Waals surface area contributed by atoms with Gasteiger partial charge in [-0.1, -0.05) is 0 Å². The third kappa shape index (κ3) is 3.84. The summed E-state index contributed by atoms with van der Waals surface area (Å²) in [6.07, 6.45) is 0. The lowest BCUT2D eigenvalue weighted by Gasteiger charge is -2.01. The zero-order valence-electron chi connectivity index (χ0n) is 8.50. The minimum atomic E-state index is -4.14. The van der Waals surface area contributed by atoms with Crippen LogP contribution >= 0.6 is 11.8 Å². The van der Waals surface area contributed by atoms with Gasteiger partial charge in [-0.2, -0.15) is 8.42 Å². The van der Waals surface area contributed by atoms with E-state index in [0.717, 1.165) is 4.90 Å². The van der Waals surface area contributed by atoms with Gasteiger partial charge >= 0.3 is 0 Å². The maximum atomic E-state index is 10.9. The number of hydrogen-bond acceptors (Lipinski definition) is 4. The van der Waals surface area contributed by atoms with Crippen LogP contribution in [-0.4, -0.2) is 31.7 Å². The van der Waals surface area contributed by atoms with E-state index in [1.165, 1.54) is 36.0 Å². The maximum Gasteiger partial charge on any atom is 0.294 e. The summed E-state index contributed by atoms with van der Waals surface area (Å²) in [5.41, 5.74) is 0. The molecule has 0 aliphatic rings. The molecular formula is C9H11NO4S2. The summed E-state index contributed by atoms with van der Waals surface area (Å²) in [5, 5.41) is 2.48. The Labute approximate surface area is 98.0 Å². The van der Waals surface area contributed by atoms with E-state index < -0.39 is 10.1 Å². The number of carbonyl (C=O) groups excluding carboxylic acids is 1. The summed E-state index contributed by atoms with van der Waals surface area (Å²) in [6.45, 7) is 0. The molecule has 0 saturated heterocycles. The van der Waals surface area contributed by atoms with E-state index in [4.69, 9.17) is 4.55 Å². The second-order valence-electron chi connectivity index (χ2n) is 2.91. The highest BCUT2D eigenvalue weighted by Gasteiger charge is 2.08. The average Bonchev–Trinajstić information content (AvgIpc) is 2.25.